The van der Waals surface area contributed by atoms with Crippen molar-refractivity contribution in [1.29, 1.82) is 0 Å². The van der Waals surface area contributed by atoms with Crippen molar-refractivity contribution >= 4 is 11.6 Å². The highest BCUT2D eigenvalue weighted by atomic mass is 16.1. The highest BCUT2D eigenvalue weighted by Crippen LogP contribution is 2.30. The van der Waals surface area contributed by atoms with Gasteiger partial charge < -0.3 is 10.6 Å². The van der Waals surface area contributed by atoms with Gasteiger partial charge in [0, 0.05) is 12.5 Å². The van der Waals surface area contributed by atoms with Crippen LogP contribution in [0.2, 0.25) is 0 Å². The third-order valence-electron chi connectivity index (χ3n) is 3.03. The van der Waals surface area contributed by atoms with Crippen molar-refractivity contribution in [1.82, 2.24) is 5.32 Å². The Labute approximate surface area is 137 Å². The average Bonchev–Trinajstić information content (AvgIpc) is 2.55. The number of rotatable bonds is 5. The molecule has 0 aliphatic rings. The van der Waals surface area contributed by atoms with Crippen LogP contribution in [0.25, 0.3) is 0 Å². The van der Waals surface area contributed by atoms with Crippen molar-refractivity contribution in [2.24, 2.45) is 0 Å². The Kier molecular flexibility index (Phi) is 13.5. The molecule has 0 aromatic heterocycles. The van der Waals surface area contributed by atoms with Crippen LogP contribution in [0, 0.1) is 0 Å². The van der Waals surface area contributed by atoms with Gasteiger partial charge in [-0.2, -0.15) is 0 Å². The van der Waals surface area contributed by atoms with Crippen molar-refractivity contribution in [3.63, 3.8) is 0 Å². The monoisotopic (exact) mass is 307 g/mol. The Morgan fingerprint density at radius 2 is 1.73 bits per heavy atom. The maximum atomic E-state index is 10.8. The molecule has 0 fully saturated rings. The molecule has 0 heterocycles. The lowest BCUT2D eigenvalue weighted by atomic mass is 9.80. The number of nitrogens with one attached hydrogen (secondary N) is 1. The van der Waals surface area contributed by atoms with Crippen LogP contribution in [0.15, 0.2) is 36.5 Å². The maximum Gasteiger partial charge on any atom is 0.220 e. The van der Waals surface area contributed by atoms with Gasteiger partial charge in [0.2, 0.25) is 5.91 Å². The molecular formula is C19H35N2O+. The van der Waals surface area contributed by atoms with Gasteiger partial charge in [0.05, 0.1) is 7.05 Å². The predicted molar refractivity (Wildman–Crippen MR) is 97.2 cm³/mol. The highest BCUT2D eigenvalue weighted by Gasteiger charge is 2.23. The smallest absolute Gasteiger partial charge is 0.220 e. The van der Waals surface area contributed by atoms with E-state index in [-0.39, 0.29) is 11.3 Å². The normalized spacial score (nSPS) is 10.2. The minimum absolute atomic E-state index is 0.0358. The Bertz CT molecular complexity index is 437. The van der Waals surface area contributed by atoms with Crippen LogP contribution >= 0.6 is 0 Å². The third-order valence-corrected chi connectivity index (χ3v) is 3.03. The van der Waals surface area contributed by atoms with Crippen molar-refractivity contribution in [2.45, 2.75) is 60.3 Å². The molecule has 0 spiro atoms. The molecular weight excluding hydrogens is 272 g/mol. The molecule has 22 heavy (non-hydrogen) atoms. The van der Waals surface area contributed by atoms with Crippen LogP contribution in [0.1, 0.15) is 60.5 Å². The summed E-state index contributed by atoms with van der Waals surface area (Å²) >= 11 is 0. The van der Waals surface area contributed by atoms with E-state index in [1.807, 2.05) is 33.8 Å². The first-order chi connectivity index (χ1) is 10.5. The summed E-state index contributed by atoms with van der Waals surface area (Å²) < 4.78 is 0. The van der Waals surface area contributed by atoms with Gasteiger partial charge in [-0.3, -0.25) is 4.79 Å². The topological polar surface area (TPSA) is 45.7 Å². The lowest BCUT2D eigenvalue weighted by Crippen LogP contribution is -2.73. The minimum Gasteiger partial charge on any atom is -0.333 e. The van der Waals surface area contributed by atoms with E-state index < -0.39 is 0 Å². The molecule has 0 saturated carbocycles. The summed E-state index contributed by atoms with van der Waals surface area (Å²) in [7, 11) is 2.06. The predicted octanol–water partition coefficient (Wildman–Crippen LogP) is 3.88. The fraction of sp³-hybridized carbons (Fsp3) is 0.526. The number of benzene rings is 1. The zero-order valence-electron chi connectivity index (χ0n) is 15.7. The SMILES string of the molecule is CC.CC.C[NH2+]c1ccccc1C(C)(C)C/C=C/NC(C)=O. The summed E-state index contributed by atoms with van der Waals surface area (Å²) in [5.41, 5.74) is 2.66. The molecule has 0 atom stereocenters. The van der Waals surface area contributed by atoms with Gasteiger partial charge in [-0.15, -0.1) is 0 Å². The Balaban J connectivity index is 0. The fourth-order valence-corrected chi connectivity index (χ4v) is 2.00. The zero-order chi connectivity index (χ0) is 17.6. The lowest BCUT2D eigenvalue weighted by molar-refractivity contribution is -0.540. The van der Waals surface area contributed by atoms with E-state index in [9.17, 15) is 4.79 Å². The van der Waals surface area contributed by atoms with Gasteiger partial charge in [0.25, 0.3) is 0 Å². The van der Waals surface area contributed by atoms with Crippen LogP contribution < -0.4 is 10.6 Å². The molecule has 0 saturated heterocycles. The molecule has 0 aliphatic carbocycles. The number of nitrogens with two attached hydrogens (primary N) is 1. The van der Waals surface area contributed by atoms with Crippen molar-refractivity contribution < 1.29 is 10.1 Å². The van der Waals surface area contributed by atoms with Gasteiger partial charge >= 0.3 is 0 Å². The standard InChI is InChI=1S/C15H22N2O.2C2H6/c1-12(18)17-11-7-10-15(2,3)13-8-5-6-9-14(13)16-4;2*1-2/h5-9,11,16H,10H2,1-4H3,(H,17,18);2*1-2H3/p+1/b11-7+;;. The Morgan fingerprint density at radius 3 is 2.23 bits per heavy atom. The molecule has 0 radical (unpaired) electrons. The molecule has 0 bridgehead atoms. The number of quaternary nitrogens is 1. The molecule has 1 amide bonds. The minimum atomic E-state index is -0.0358. The average molecular weight is 308 g/mol. The first-order valence-electron chi connectivity index (χ1n) is 8.28. The van der Waals surface area contributed by atoms with Gasteiger partial charge in [0.1, 0.15) is 5.69 Å². The number of carbonyl (C=O) groups is 1. The molecule has 1 aromatic rings. The largest absolute Gasteiger partial charge is 0.333 e. The van der Waals surface area contributed by atoms with Crippen molar-refractivity contribution in [3.05, 3.63) is 42.1 Å². The molecule has 3 nitrogen and oxygen atoms in total. The third kappa shape index (κ3) is 8.63. The Hall–Kier alpha value is -1.61. The summed E-state index contributed by atoms with van der Waals surface area (Å²) in [5.74, 6) is -0.0358. The van der Waals surface area contributed by atoms with Crippen molar-refractivity contribution in [3.8, 4) is 0 Å². The van der Waals surface area contributed by atoms with Gasteiger partial charge in [-0.1, -0.05) is 65.8 Å². The van der Waals surface area contributed by atoms with Crippen molar-refractivity contribution in [2.75, 3.05) is 7.05 Å². The number of hydrogen-bond acceptors (Lipinski definition) is 1. The summed E-state index contributed by atoms with van der Waals surface area (Å²) in [6.45, 7) is 13.9. The van der Waals surface area contributed by atoms with E-state index in [0.29, 0.717) is 0 Å². The van der Waals surface area contributed by atoms with E-state index in [1.54, 1.807) is 6.20 Å². The number of amides is 1. The van der Waals surface area contributed by atoms with Crippen LogP contribution in [-0.4, -0.2) is 13.0 Å². The Morgan fingerprint density at radius 1 is 1.18 bits per heavy atom. The van der Waals surface area contributed by atoms with Gasteiger partial charge in [-0.05, 0) is 24.1 Å². The molecule has 1 aromatic carbocycles. The summed E-state index contributed by atoms with van der Waals surface area (Å²) in [4.78, 5) is 10.8. The molecule has 1 rings (SSSR count). The van der Waals surface area contributed by atoms with Crippen LogP contribution in [0.4, 0.5) is 5.69 Å². The van der Waals surface area contributed by atoms with Gasteiger partial charge in [-0.25, -0.2) is 0 Å². The second kappa shape index (κ2) is 13.1. The summed E-state index contributed by atoms with van der Waals surface area (Å²) in [6, 6.07) is 8.43. The lowest BCUT2D eigenvalue weighted by Gasteiger charge is -2.24. The maximum absolute atomic E-state index is 10.8. The van der Waals surface area contributed by atoms with E-state index >= 15 is 0 Å². The number of hydrogen-bond donors (Lipinski definition) is 2. The summed E-state index contributed by atoms with van der Waals surface area (Å²) in [5, 5.41) is 4.80. The van der Waals surface area contributed by atoms with Gasteiger partial charge in [0.15, 0.2) is 0 Å². The van der Waals surface area contributed by atoms with E-state index in [2.05, 4.69) is 55.8 Å². The second-order valence-corrected chi connectivity index (χ2v) is 5.07. The quantitative estimate of drug-likeness (QED) is 0.797. The summed E-state index contributed by atoms with van der Waals surface area (Å²) in [6.07, 6.45) is 4.62. The number of para-hydroxylation sites is 1. The van der Waals surface area contributed by atoms with E-state index in [4.69, 9.17) is 0 Å². The zero-order valence-corrected chi connectivity index (χ0v) is 15.7. The van der Waals surface area contributed by atoms with Crippen LogP contribution in [0.3, 0.4) is 0 Å². The highest BCUT2D eigenvalue weighted by molar-refractivity contribution is 5.73. The first-order valence-corrected chi connectivity index (χ1v) is 8.28. The molecule has 126 valence electrons. The number of carbonyl (C=O) groups excluding carboxylic acids is 1. The molecule has 0 aliphatic heterocycles. The molecule has 3 heteroatoms. The number of allylic oxidation sites excluding steroid dienone is 1. The molecule has 3 N–H and O–H groups in total. The van der Waals surface area contributed by atoms with Crippen LogP contribution in [0.5, 0.6) is 0 Å². The van der Waals surface area contributed by atoms with E-state index in [1.165, 1.54) is 18.2 Å². The second-order valence-electron chi connectivity index (χ2n) is 5.07. The fourth-order valence-electron chi connectivity index (χ4n) is 2.00. The van der Waals surface area contributed by atoms with E-state index in [0.717, 1.165) is 6.42 Å². The van der Waals surface area contributed by atoms with Crippen LogP contribution in [-0.2, 0) is 10.2 Å². The molecule has 0 unspecified atom stereocenters. The first kappa shape index (κ1) is 22.7.